The van der Waals surface area contributed by atoms with E-state index in [9.17, 15) is 39.6 Å². The molecule has 0 radical (unpaired) electrons. The van der Waals surface area contributed by atoms with Gasteiger partial charge in [0.1, 0.15) is 0 Å². The van der Waals surface area contributed by atoms with Crippen LogP contribution in [0.15, 0.2) is 24.3 Å². The van der Waals surface area contributed by atoms with Crippen LogP contribution in [-0.2, 0) is 32.0 Å². The third-order valence-corrected chi connectivity index (χ3v) is 9.16. The van der Waals surface area contributed by atoms with Crippen molar-refractivity contribution >= 4 is 68.2 Å². The van der Waals surface area contributed by atoms with Crippen molar-refractivity contribution in [3.63, 3.8) is 0 Å². The zero-order valence-corrected chi connectivity index (χ0v) is 27.3. The van der Waals surface area contributed by atoms with E-state index in [1.165, 1.54) is 0 Å². The minimum absolute atomic E-state index is 0.0917. The Kier molecular flexibility index (Phi) is 9.64. The predicted molar refractivity (Wildman–Crippen MR) is 181 cm³/mol. The van der Waals surface area contributed by atoms with Crippen molar-refractivity contribution in [3.05, 3.63) is 69.3 Å². The number of hydrogen-bond donors (Lipinski definition) is 6. The van der Waals surface area contributed by atoms with Crippen molar-refractivity contribution in [2.75, 3.05) is 0 Å². The molecular weight excluding hydrogens is 616 g/mol. The van der Waals surface area contributed by atoms with Gasteiger partial charge in [-0.15, -0.1) is 0 Å². The number of carboxylic acid groups (broad SMARTS) is 4. The third-order valence-electron chi connectivity index (χ3n) is 9.16. The number of carbonyl (C=O) groups is 4. The molecular formula is C36H38N4O8. The smallest absolute Gasteiger partial charge is 0.303 e. The molecule has 3 aromatic heterocycles. The molecule has 12 heteroatoms. The normalized spacial score (nSPS) is 12.9. The number of aromatic nitrogens is 4. The first-order chi connectivity index (χ1) is 22.7. The van der Waals surface area contributed by atoms with E-state index in [1.54, 1.807) is 0 Å². The van der Waals surface area contributed by atoms with Crippen molar-refractivity contribution in [2.45, 2.75) is 79.1 Å². The lowest BCUT2D eigenvalue weighted by Crippen LogP contribution is -1.98. The van der Waals surface area contributed by atoms with Crippen LogP contribution in [0.4, 0.5) is 0 Å². The fourth-order valence-electron chi connectivity index (χ4n) is 6.42. The number of fused-ring (bicyclic) bond motifs is 8. The molecule has 0 spiro atoms. The molecule has 0 amide bonds. The molecule has 8 bridgehead atoms. The number of allylic oxidation sites excluding steroid dienone is 4. The molecule has 0 fully saturated rings. The van der Waals surface area contributed by atoms with Gasteiger partial charge in [-0.2, -0.15) is 0 Å². The second-order valence-electron chi connectivity index (χ2n) is 12.2. The number of nitrogens with zero attached hydrogens (tertiary/aromatic N) is 2. The number of aromatic amines is 2. The van der Waals surface area contributed by atoms with Gasteiger partial charge < -0.3 is 30.4 Å². The molecule has 6 N–H and O–H groups in total. The number of hydrogen-bond acceptors (Lipinski definition) is 6. The molecule has 250 valence electrons. The first-order valence-electron chi connectivity index (χ1n) is 15.7. The Morgan fingerprint density at radius 3 is 1.21 bits per heavy atom. The molecule has 48 heavy (non-hydrogen) atoms. The van der Waals surface area contributed by atoms with Gasteiger partial charge >= 0.3 is 23.9 Å². The lowest BCUT2D eigenvalue weighted by molar-refractivity contribution is -0.138. The maximum absolute atomic E-state index is 11.6. The van der Waals surface area contributed by atoms with E-state index in [2.05, 4.69) is 9.97 Å². The highest BCUT2D eigenvalue weighted by atomic mass is 16.4. The van der Waals surface area contributed by atoms with Crippen LogP contribution < -0.4 is 0 Å². The Balaban J connectivity index is 1.91. The minimum Gasteiger partial charge on any atom is -0.481 e. The van der Waals surface area contributed by atoms with Crippen LogP contribution in [0.2, 0.25) is 0 Å². The van der Waals surface area contributed by atoms with Gasteiger partial charge in [0.05, 0.1) is 22.8 Å². The zero-order chi connectivity index (χ0) is 34.9. The molecule has 5 rings (SSSR count). The number of rotatable bonds is 12. The molecule has 2 aliphatic heterocycles. The summed E-state index contributed by atoms with van der Waals surface area (Å²) in [6.07, 6.45) is 0.582. The summed E-state index contributed by atoms with van der Waals surface area (Å²) in [5, 5.41) is 38.0. The zero-order valence-electron chi connectivity index (χ0n) is 27.3. The molecule has 0 saturated carbocycles. The van der Waals surface area contributed by atoms with Gasteiger partial charge in [-0.1, -0.05) is 0 Å². The number of aliphatic carboxylic acids is 4. The molecule has 5 heterocycles. The summed E-state index contributed by atoms with van der Waals surface area (Å²) in [6, 6.07) is 7.40. The molecule has 2 aliphatic rings. The fourth-order valence-corrected chi connectivity index (χ4v) is 6.42. The van der Waals surface area contributed by atoms with E-state index in [4.69, 9.17) is 9.97 Å². The maximum atomic E-state index is 11.6. The SMILES string of the molecule is CC1=C(CCC(=O)O)c2cc3[nH]c(cc4[nH]c(cc5nc(cc1n2)C(C)=C5CCC(=O)O)c(CCC(=O)O)c4C)c(C)c3CCC(=O)O. The second-order valence-corrected chi connectivity index (χ2v) is 12.2. The monoisotopic (exact) mass is 654 g/mol. The van der Waals surface area contributed by atoms with Crippen LogP contribution in [-0.4, -0.2) is 64.2 Å². The number of aryl methyl sites for hydroxylation is 4. The Labute approximate surface area is 275 Å². The van der Waals surface area contributed by atoms with Crippen LogP contribution in [0, 0.1) is 13.8 Å². The third kappa shape index (κ3) is 7.07. The van der Waals surface area contributed by atoms with Gasteiger partial charge in [0.25, 0.3) is 0 Å². The summed E-state index contributed by atoms with van der Waals surface area (Å²) in [4.78, 5) is 63.1. The average molecular weight is 655 g/mol. The molecule has 0 aliphatic carbocycles. The van der Waals surface area contributed by atoms with Gasteiger partial charge in [-0.05, 0) is 122 Å². The standard InChI is InChI=1S/C36H38N4O8/c1-17-21(5-9-33(41)42)29-15-30-23(7-11-35(45)46)19(3)27(39-30)14-28-20(4)24(8-12-36(47)48)32(40-28)16-31-22(6-10-34(43)44)18(2)26(38-31)13-25(17)37-29/h13-16,37-38H,5-12H2,1-4H3,(H,41,42)(H,43,44)(H,45,46)(H,47,48). The summed E-state index contributed by atoms with van der Waals surface area (Å²) in [5.74, 6) is -3.76. The van der Waals surface area contributed by atoms with E-state index in [0.717, 1.165) is 55.6 Å². The maximum Gasteiger partial charge on any atom is 0.303 e. The molecule has 0 unspecified atom stereocenters. The first-order valence-corrected chi connectivity index (χ1v) is 15.7. The molecule has 3 aromatic rings. The topological polar surface area (TPSA) is 207 Å². The van der Waals surface area contributed by atoms with Crippen LogP contribution in [0.3, 0.4) is 0 Å². The quantitative estimate of drug-likeness (QED) is 0.124. The second kappa shape index (κ2) is 13.7. The lowest BCUT2D eigenvalue weighted by Gasteiger charge is -2.03. The van der Waals surface area contributed by atoms with Crippen molar-refractivity contribution in [3.8, 4) is 0 Å². The Morgan fingerprint density at radius 1 is 0.500 bits per heavy atom. The number of nitrogens with one attached hydrogen (secondary N) is 2. The van der Waals surface area contributed by atoms with E-state index in [1.807, 2.05) is 52.0 Å². The van der Waals surface area contributed by atoms with E-state index >= 15 is 0 Å². The van der Waals surface area contributed by atoms with Crippen molar-refractivity contribution in [1.82, 2.24) is 19.9 Å². The number of H-pyrrole nitrogens is 2. The van der Waals surface area contributed by atoms with Gasteiger partial charge in [-0.3, -0.25) is 19.2 Å². The van der Waals surface area contributed by atoms with Crippen molar-refractivity contribution in [1.29, 1.82) is 0 Å². The van der Waals surface area contributed by atoms with Crippen LogP contribution >= 0.6 is 0 Å². The minimum atomic E-state index is -0.944. The number of carboxylic acids is 4. The largest absolute Gasteiger partial charge is 0.481 e. The highest BCUT2D eigenvalue weighted by molar-refractivity contribution is 5.96. The Bertz CT molecular complexity index is 1950. The van der Waals surface area contributed by atoms with Crippen LogP contribution in [0.1, 0.15) is 97.4 Å². The molecule has 0 atom stereocenters. The van der Waals surface area contributed by atoms with Gasteiger partial charge in [0.2, 0.25) is 0 Å². The first kappa shape index (κ1) is 33.8. The fraction of sp³-hybridized carbons (Fsp3) is 0.333. The highest BCUT2D eigenvalue weighted by Crippen LogP contribution is 2.38. The summed E-state index contributed by atoms with van der Waals surface area (Å²) in [5.41, 5.74) is 11.4. The molecule has 12 nitrogen and oxygen atoms in total. The summed E-state index contributed by atoms with van der Waals surface area (Å²) in [6.45, 7) is 7.56. The van der Waals surface area contributed by atoms with Crippen molar-refractivity contribution < 1.29 is 39.6 Å². The Hall–Kier alpha value is -5.52. The molecule has 0 saturated heterocycles. The molecule has 0 aromatic carbocycles. The van der Waals surface area contributed by atoms with Gasteiger partial charge in [0, 0.05) is 47.8 Å². The predicted octanol–water partition coefficient (Wildman–Crippen LogP) is 6.56. The van der Waals surface area contributed by atoms with Gasteiger partial charge in [-0.25, -0.2) is 9.97 Å². The Morgan fingerprint density at radius 2 is 0.854 bits per heavy atom. The van der Waals surface area contributed by atoms with Crippen LogP contribution in [0.25, 0.3) is 44.4 Å². The van der Waals surface area contributed by atoms with Crippen LogP contribution in [0.5, 0.6) is 0 Å². The van der Waals surface area contributed by atoms with Crippen molar-refractivity contribution in [2.24, 2.45) is 0 Å². The average Bonchev–Trinajstić information content (AvgIpc) is 3.66. The van der Waals surface area contributed by atoms with E-state index in [0.29, 0.717) is 33.8 Å². The lowest BCUT2D eigenvalue weighted by atomic mass is 9.99. The van der Waals surface area contributed by atoms with E-state index in [-0.39, 0.29) is 51.4 Å². The van der Waals surface area contributed by atoms with Gasteiger partial charge in [0.15, 0.2) is 0 Å². The highest BCUT2D eigenvalue weighted by Gasteiger charge is 2.23. The summed E-state index contributed by atoms with van der Waals surface area (Å²) >= 11 is 0. The van der Waals surface area contributed by atoms with E-state index < -0.39 is 23.9 Å². The summed E-state index contributed by atoms with van der Waals surface area (Å²) in [7, 11) is 0. The summed E-state index contributed by atoms with van der Waals surface area (Å²) < 4.78 is 0.